The van der Waals surface area contributed by atoms with Crippen LogP contribution < -0.4 is 5.63 Å². The molecule has 1 N–H and O–H groups in total. The number of phenols is 1. The summed E-state index contributed by atoms with van der Waals surface area (Å²) in [5.74, 6) is -0.625. The van der Waals surface area contributed by atoms with Crippen LogP contribution in [0.25, 0.3) is 11.0 Å². The van der Waals surface area contributed by atoms with E-state index in [-0.39, 0.29) is 36.6 Å². The van der Waals surface area contributed by atoms with Gasteiger partial charge in [0, 0.05) is 34.6 Å². The molecule has 6 heteroatoms. The quantitative estimate of drug-likeness (QED) is 0.384. The fourth-order valence-electron chi connectivity index (χ4n) is 3.15. The third-order valence-corrected chi connectivity index (χ3v) is 4.86. The van der Waals surface area contributed by atoms with Crippen LogP contribution in [-0.2, 0) is 16.1 Å². The first kappa shape index (κ1) is 20.3. The Kier molecular flexibility index (Phi) is 5.82. The van der Waals surface area contributed by atoms with Gasteiger partial charge in [-0.3, -0.25) is 9.59 Å². The highest BCUT2D eigenvalue weighted by molar-refractivity contribution is 5.99. The Bertz CT molecular complexity index is 1160. The number of aryl methyl sites for hydroxylation is 3. The summed E-state index contributed by atoms with van der Waals surface area (Å²) in [5.41, 5.74) is 3.05. The molecular formula is C23H22O6. The summed E-state index contributed by atoms with van der Waals surface area (Å²) in [5, 5.41) is 10.4. The molecule has 2 aromatic carbocycles. The molecule has 3 rings (SSSR count). The van der Waals surface area contributed by atoms with E-state index in [9.17, 15) is 19.5 Å². The van der Waals surface area contributed by atoms with E-state index in [1.165, 1.54) is 12.1 Å². The van der Waals surface area contributed by atoms with Crippen LogP contribution in [-0.4, -0.2) is 16.9 Å². The first-order chi connectivity index (χ1) is 13.8. The summed E-state index contributed by atoms with van der Waals surface area (Å²) < 4.78 is 10.4. The number of Topliss-reactive ketones (excluding diaryl/α,β-unsaturated/α-hetero) is 1. The van der Waals surface area contributed by atoms with Crippen molar-refractivity contribution in [2.24, 2.45) is 0 Å². The summed E-state index contributed by atoms with van der Waals surface area (Å²) >= 11 is 0. The van der Waals surface area contributed by atoms with Gasteiger partial charge in [-0.05, 0) is 44.5 Å². The molecule has 0 aliphatic heterocycles. The highest BCUT2D eigenvalue weighted by atomic mass is 16.5. The van der Waals surface area contributed by atoms with Crippen molar-refractivity contribution in [2.45, 2.75) is 40.2 Å². The molecule has 0 amide bonds. The van der Waals surface area contributed by atoms with Crippen LogP contribution in [0.1, 0.15) is 45.5 Å². The number of esters is 1. The fraction of sp³-hybridized carbons (Fsp3) is 0.261. The van der Waals surface area contributed by atoms with Gasteiger partial charge in [0.2, 0.25) is 0 Å². The number of benzene rings is 2. The normalized spacial score (nSPS) is 10.9. The lowest BCUT2D eigenvalue weighted by molar-refractivity contribution is -0.144. The Labute approximate surface area is 167 Å². The molecule has 29 heavy (non-hydrogen) atoms. The van der Waals surface area contributed by atoms with Gasteiger partial charge >= 0.3 is 11.6 Å². The number of carbonyl (C=O) groups is 2. The topological polar surface area (TPSA) is 93.8 Å². The largest absolute Gasteiger partial charge is 0.508 e. The lowest BCUT2D eigenvalue weighted by Crippen LogP contribution is -2.10. The van der Waals surface area contributed by atoms with Gasteiger partial charge in [-0.15, -0.1) is 0 Å². The zero-order valence-electron chi connectivity index (χ0n) is 16.6. The molecule has 0 bridgehead atoms. The van der Waals surface area contributed by atoms with Crippen molar-refractivity contribution in [3.8, 4) is 5.75 Å². The second-order valence-corrected chi connectivity index (χ2v) is 7.08. The third-order valence-electron chi connectivity index (χ3n) is 4.86. The molecule has 6 nitrogen and oxygen atoms in total. The summed E-state index contributed by atoms with van der Waals surface area (Å²) in [6, 6.07) is 9.98. The Hall–Kier alpha value is -3.41. The number of rotatable bonds is 6. The number of ether oxygens (including phenoxy) is 1. The van der Waals surface area contributed by atoms with Gasteiger partial charge in [-0.2, -0.15) is 0 Å². The lowest BCUT2D eigenvalue weighted by Gasteiger charge is -2.09. The maximum atomic E-state index is 12.4. The van der Waals surface area contributed by atoms with Crippen LogP contribution in [0.5, 0.6) is 5.75 Å². The first-order valence-corrected chi connectivity index (χ1v) is 9.27. The second-order valence-electron chi connectivity index (χ2n) is 7.08. The van der Waals surface area contributed by atoms with Gasteiger partial charge < -0.3 is 14.3 Å². The van der Waals surface area contributed by atoms with Crippen molar-refractivity contribution in [2.75, 3.05) is 0 Å². The van der Waals surface area contributed by atoms with Gasteiger partial charge in [0.15, 0.2) is 5.78 Å². The van der Waals surface area contributed by atoms with E-state index in [1.54, 1.807) is 13.0 Å². The number of hydrogen-bond acceptors (Lipinski definition) is 6. The number of hydrogen-bond donors (Lipinski definition) is 1. The van der Waals surface area contributed by atoms with Crippen molar-refractivity contribution in [1.82, 2.24) is 0 Å². The number of carbonyl (C=O) groups excluding carboxylic acids is 2. The van der Waals surface area contributed by atoms with Gasteiger partial charge in [-0.1, -0.05) is 17.7 Å². The average Bonchev–Trinajstić information content (AvgIpc) is 2.69. The zero-order valence-corrected chi connectivity index (χ0v) is 16.6. The zero-order chi connectivity index (χ0) is 21.1. The van der Waals surface area contributed by atoms with Crippen molar-refractivity contribution in [3.63, 3.8) is 0 Å². The molecule has 0 radical (unpaired) electrons. The van der Waals surface area contributed by atoms with Crippen molar-refractivity contribution in [3.05, 3.63) is 74.6 Å². The predicted octanol–water partition coefficient (Wildman–Crippen LogP) is 4.13. The number of aromatic hydroxyl groups is 1. The molecule has 0 saturated carbocycles. The molecule has 3 aromatic rings. The minimum absolute atomic E-state index is 0.0137. The molecule has 150 valence electrons. The van der Waals surface area contributed by atoms with Gasteiger partial charge in [-0.25, -0.2) is 4.79 Å². The molecule has 0 aliphatic carbocycles. The van der Waals surface area contributed by atoms with Crippen LogP contribution in [0.4, 0.5) is 0 Å². The number of fused-ring (bicyclic) bond motifs is 1. The van der Waals surface area contributed by atoms with E-state index in [0.717, 1.165) is 11.1 Å². The molecular weight excluding hydrogens is 372 g/mol. The van der Waals surface area contributed by atoms with Crippen LogP contribution in [0.2, 0.25) is 0 Å². The number of phenolic OH excluding ortho intramolecular Hbond substituents is 1. The van der Waals surface area contributed by atoms with Crippen molar-refractivity contribution >= 4 is 22.7 Å². The Morgan fingerprint density at radius 2 is 1.79 bits per heavy atom. The Balaban J connectivity index is 1.67. The van der Waals surface area contributed by atoms with Gasteiger partial charge in [0.1, 0.15) is 17.9 Å². The first-order valence-electron chi connectivity index (χ1n) is 9.27. The van der Waals surface area contributed by atoms with Crippen LogP contribution >= 0.6 is 0 Å². The molecule has 0 fully saturated rings. The minimum Gasteiger partial charge on any atom is -0.508 e. The standard InChI is InChI=1S/C23H22O6/c1-13-4-5-14(2)18(10-13)20(25)8-9-21(26)28-12-16-11-22(27)29-23-15(3)19(24)7-6-17(16)23/h4-7,10-11,24H,8-9,12H2,1-3H3. The SMILES string of the molecule is Cc1ccc(C)c(C(=O)CCC(=O)OCc2cc(=O)oc3c(C)c(O)ccc23)c1. The molecule has 0 spiro atoms. The van der Waals surface area contributed by atoms with Gasteiger partial charge in [0.25, 0.3) is 0 Å². The fourth-order valence-corrected chi connectivity index (χ4v) is 3.15. The van der Waals surface area contributed by atoms with E-state index >= 15 is 0 Å². The maximum absolute atomic E-state index is 12.4. The number of ketones is 1. The summed E-state index contributed by atoms with van der Waals surface area (Å²) in [4.78, 5) is 36.3. The van der Waals surface area contributed by atoms with E-state index < -0.39 is 11.6 Å². The van der Waals surface area contributed by atoms with E-state index in [1.807, 2.05) is 32.0 Å². The van der Waals surface area contributed by atoms with Crippen LogP contribution in [0.15, 0.2) is 45.6 Å². The molecule has 0 unspecified atom stereocenters. The van der Waals surface area contributed by atoms with Crippen LogP contribution in [0, 0.1) is 20.8 Å². The highest BCUT2D eigenvalue weighted by Gasteiger charge is 2.15. The Morgan fingerprint density at radius 3 is 2.55 bits per heavy atom. The molecule has 0 aliphatic rings. The second kappa shape index (κ2) is 8.31. The van der Waals surface area contributed by atoms with Crippen LogP contribution in [0.3, 0.4) is 0 Å². The van der Waals surface area contributed by atoms with Gasteiger partial charge in [0.05, 0.1) is 6.42 Å². The smallest absolute Gasteiger partial charge is 0.336 e. The predicted molar refractivity (Wildman–Crippen MR) is 108 cm³/mol. The summed E-state index contributed by atoms with van der Waals surface area (Å²) in [7, 11) is 0. The monoisotopic (exact) mass is 394 g/mol. The molecule has 1 aromatic heterocycles. The summed E-state index contributed by atoms with van der Waals surface area (Å²) in [6.45, 7) is 5.28. The highest BCUT2D eigenvalue weighted by Crippen LogP contribution is 2.27. The van der Waals surface area contributed by atoms with E-state index in [4.69, 9.17) is 9.15 Å². The van der Waals surface area contributed by atoms with Crippen molar-refractivity contribution < 1.29 is 23.8 Å². The maximum Gasteiger partial charge on any atom is 0.336 e. The van der Waals surface area contributed by atoms with Crippen molar-refractivity contribution in [1.29, 1.82) is 0 Å². The summed E-state index contributed by atoms with van der Waals surface area (Å²) in [6.07, 6.45) is -0.000806. The molecule has 1 heterocycles. The lowest BCUT2D eigenvalue weighted by atomic mass is 9.99. The average molecular weight is 394 g/mol. The molecule has 0 atom stereocenters. The van der Waals surface area contributed by atoms with E-state index in [2.05, 4.69) is 0 Å². The Morgan fingerprint density at radius 1 is 1.03 bits per heavy atom. The third kappa shape index (κ3) is 4.54. The van der Waals surface area contributed by atoms with E-state index in [0.29, 0.717) is 22.1 Å². The molecule has 0 saturated heterocycles. The minimum atomic E-state index is -0.595.